The van der Waals surface area contributed by atoms with Crippen molar-refractivity contribution in [1.29, 1.82) is 0 Å². The van der Waals surface area contributed by atoms with Gasteiger partial charge in [-0.25, -0.2) is 4.99 Å². The first-order valence-corrected chi connectivity index (χ1v) is 12.5. The lowest BCUT2D eigenvalue weighted by Crippen LogP contribution is -2.68. The van der Waals surface area contributed by atoms with Crippen molar-refractivity contribution in [3.8, 4) is 0 Å². The van der Waals surface area contributed by atoms with E-state index in [1.165, 1.54) is 37.7 Å². The lowest BCUT2D eigenvalue weighted by molar-refractivity contribution is -0.201. The first kappa shape index (κ1) is 19.2. The molecule has 0 aromatic heterocycles. The molecule has 7 rings (SSSR count). The highest BCUT2D eigenvalue weighted by Gasteiger charge is 2.83. The van der Waals surface area contributed by atoms with E-state index in [-0.39, 0.29) is 11.3 Å². The third-order valence-electron chi connectivity index (χ3n) is 10.0. The van der Waals surface area contributed by atoms with Crippen molar-refractivity contribution >= 4 is 11.6 Å². The maximum Gasteiger partial charge on any atom is 0.246 e. The number of carbonyl (C=O) groups is 1. The molecule has 1 saturated heterocycles. The van der Waals surface area contributed by atoms with Crippen LogP contribution in [-0.4, -0.2) is 29.6 Å². The molecule has 5 atom stereocenters. The summed E-state index contributed by atoms with van der Waals surface area (Å²) in [6.45, 7) is 2.80. The summed E-state index contributed by atoms with van der Waals surface area (Å²) in [5.41, 5.74) is 5.05. The van der Waals surface area contributed by atoms with Gasteiger partial charge in [-0.1, -0.05) is 60.7 Å². The summed E-state index contributed by atoms with van der Waals surface area (Å²) in [5, 5.41) is 0. The fraction of sp³-hybridized carbons (Fsp3) is 0.517. The van der Waals surface area contributed by atoms with Crippen LogP contribution in [0.25, 0.3) is 0 Å². The molecule has 1 aliphatic heterocycles. The van der Waals surface area contributed by atoms with Gasteiger partial charge in [0, 0.05) is 37.2 Å². The molecule has 4 aliphatic carbocycles. The van der Waals surface area contributed by atoms with Gasteiger partial charge in [-0.3, -0.25) is 9.69 Å². The van der Waals surface area contributed by atoms with Crippen LogP contribution in [0.3, 0.4) is 0 Å². The molecular weight excluding hydrogens is 392 g/mol. The molecule has 2 aromatic rings. The van der Waals surface area contributed by atoms with Crippen LogP contribution in [0.5, 0.6) is 0 Å². The molecule has 5 unspecified atom stereocenters. The van der Waals surface area contributed by atoms with Gasteiger partial charge in [0.05, 0.1) is 0 Å². The van der Waals surface area contributed by atoms with E-state index in [1.807, 2.05) is 0 Å². The smallest absolute Gasteiger partial charge is 0.246 e. The fourth-order valence-corrected chi connectivity index (χ4v) is 9.16. The van der Waals surface area contributed by atoms with Crippen LogP contribution in [0.15, 0.2) is 65.7 Å². The Kier molecular flexibility index (Phi) is 3.99. The van der Waals surface area contributed by atoms with Gasteiger partial charge in [0.25, 0.3) is 0 Å². The molecule has 1 spiro atoms. The van der Waals surface area contributed by atoms with Gasteiger partial charge >= 0.3 is 0 Å². The lowest BCUT2D eigenvalue weighted by Gasteiger charge is -2.73. The largest absolute Gasteiger partial charge is 0.293 e. The molecule has 164 valence electrons. The maximum absolute atomic E-state index is 13.2. The minimum Gasteiger partial charge on any atom is -0.293 e. The number of nitrogens with zero attached hydrogens (tertiary/aromatic N) is 2. The Bertz CT molecular complexity index is 1090. The Morgan fingerprint density at radius 1 is 0.969 bits per heavy atom. The second-order valence-electron chi connectivity index (χ2n) is 11.6. The van der Waals surface area contributed by atoms with Gasteiger partial charge in [0.15, 0.2) is 0 Å². The van der Waals surface area contributed by atoms with Gasteiger partial charge in [-0.2, -0.15) is 0 Å². The molecule has 2 bridgehead atoms. The topological polar surface area (TPSA) is 32.7 Å². The number of hydrogen-bond donors (Lipinski definition) is 0. The van der Waals surface area contributed by atoms with Crippen LogP contribution >= 0.6 is 0 Å². The third-order valence-corrected chi connectivity index (χ3v) is 10.0. The number of likely N-dealkylation sites (tertiary alicyclic amines) is 1. The number of fused-ring (bicyclic) bond motifs is 1. The van der Waals surface area contributed by atoms with Crippen molar-refractivity contribution in [3.63, 3.8) is 0 Å². The molecule has 5 fully saturated rings. The van der Waals surface area contributed by atoms with Gasteiger partial charge in [-0.15, -0.1) is 0 Å². The van der Waals surface area contributed by atoms with Crippen molar-refractivity contribution in [2.75, 3.05) is 13.1 Å². The standard InChI is InChI=1S/C29H32N2O/c32-26(30-25-11-12-31(18-25)17-21-7-3-1-4-8-21)16-27-14-23-13-24-15-28(19-27,29(23,24)20-27)22-9-5-2-6-10-22/h1-10,23-24H,11-20H2. The van der Waals surface area contributed by atoms with Gasteiger partial charge in [-0.05, 0) is 72.3 Å². The summed E-state index contributed by atoms with van der Waals surface area (Å²) in [5.74, 6) is 1.92. The van der Waals surface area contributed by atoms with Crippen molar-refractivity contribution in [3.05, 3.63) is 71.8 Å². The van der Waals surface area contributed by atoms with E-state index in [0.717, 1.165) is 43.6 Å². The van der Waals surface area contributed by atoms with Crippen molar-refractivity contribution in [1.82, 2.24) is 4.90 Å². The molecule has 0 radical (unpaired) electrons. The second-order valence-corrected chi connectivity index (χ2v) is 11.6. The number of aliphatic imine (C=N–C) groups is 1. The van der Waals surface area contributed by atoms with E-state index >= 15 is 0 Å². The minimum absolute atomic E-state index is 0.153. The predicted molar refractivity (Wildman–Crippen MR) is 126 cm³/mol. The number of amides is 1. The summed E-state index contributed by atoms with van der Waals surface area (Å²) >= 11 is 0. The number of hydrogen-bond acceptors (Lipinski definition) is 2. The van der Waals surface area contributed by atoms with E-state index < -0.39 is 0 Å². The first-order valence-electron chi connectivity index (χ1n) is 12.5. The molecule has 1 amide bonds. The molecule has 4 saturated carbocycles. The van der Waals surface area contributed by atoms with Gasteiger partial charge in [0.1, 0.15) is 0 Å². The van der Waals surface area contributed by atoms with E-state index in [4.69, 9.17) is 0 Å². The Hall–Kier alpha value is -2.26. The predicted octanol–water partition coefficient (Wildman–Crippen LogP) is 5.40. The maximum atomic E-state index is 13.2. The molecule has 3 nitrogen and oxygen atoms in total. The van der Waals surface area contributed by atoms with Gasteiger partial charge < -0.3 is 0 Å². The zero-order chi connectivity index (χ0) is 21.4. The summed E-state index contributed by atoms with van der Waals surface area (Å²) in [6, 6.07) is 21.9. The number of benzene rings is 2. The fourth-order valence-electron chi connectivity index (χ4n) is 9.16. The summed E-state index contributed by atoms with van der Waals surface area (Å²) in [4.78, 5) is 20.3. The van der Waals surface area contributed by atoms with E-state index in [0.29, 0.717) is 17.3 Å². The Morgan fingerprint density at radius 2 is 1.72 bits per heavy atom. The van der Waals surface area contributed by atoms with Crippen LogP contribution in [0.1, 0.15) is 56.1 Å². The number of carbonyl (C=O) groups excluding carboxylic acids is 1. The molecule has 2 aromatic carbocycles. The molecule has 5 aliphatic rings. The van der Waals surface area contributed by atoms with Crippen LogP contribution < -0.4 is 0 Å². The monoisotopic (exact) mass is 424 g/mol. The van der Waals surface area contributed by atoms with E-state index in [2.05, 4.69) is 70.6 Å². The third kappa shape index (κ3) is 2.52. The first-order chi connectivity index (χ1) is 15.6. The highest BCUT2D eigenvalue weighted by atomic mass is 16.1. The van der Waals surface area contributed by atoms with Crippen LogP contribution in [0, 0.1) is 22.7 Å². The summed E-state index contributed by atoms with van der Waals surface area (Å²) < 4.78 is 0. The normalized spacial score (nSPS) is 40.2. The SMILES string of the molecule is O=C(CC12CC3CC4CC(c5ccccc5)(C1)C34C2)N=C1CCN(Cc2ccccc2)C1. The van der Waals surface area contributed by atoms with E-state index in [9.17, 15) is 4.79 Å². The molecular formula is C29H32N2O. The number of rotatable bonds is 5. The zero-order valence-electron chi connectivity index (χ0n) is 18.8. The summed E-state index contributed by atoms with van der Waals surface area (Å²) in [6.07, 6.45) is 8.15. The van der Waals surface area contributed by atoms with Gasteiger partial charge in [0.2, 0.25) is 5.91 Å². The second kappa shape index (κ2) is 6.63. The highest BCUT2D eigenvalue weighted by molar-refractivity contribution is 5.98. The lowest BCUT2D eigenvalue weighted by atomic mass is 9.30. The molecule has 3 heteroatoms. The molecule has 32 heavy (non-hydrogen) atoms. The van der Waals surface area contributed by atoms with Crippen LogP contribution in [0.4, 0.5) is 0 Å². The van der Waals surface area contributed by atoms with E-state index in [1.54, 1.807) is 5.56 Å². The molecule has 1 heterocycles. The van der Waals surface area contributed by atoms with Crippen LogP contribution in [0.2, 0.25) is 0 Å². The average Bonchev–Trinajstić information content (AvgIpc) is 3.42. The van der Waals surface area contributed by atoms with Crippen molar-refractivity contribution in [2.24, 2.45) is 27.7 Å². The zero-order valence-corrected chi connectivity index (χ0v) is 18.8. The Balaban J connectivity index is 1.06. The van der Waals surface area contributed by atoms with Crippen molar-refractivity contribution in [2.45, 2.75) is 56.9 Å². The summed E-state index contributed by atoms with van der Waals surface area (Å²) in [7, 11) is 0. The van der Waals surface area contributed by atoms with Crippen LogP contribution in [-0.2, 0) is 16.8 Å². The molecule has 0 N–H and O–H groups in total. The Morgan fingerprint density at radius 3 is 2.50 bits per heavy atom. The highest BCUT2D eigenvalue weighted by Crippen LogP contribution is 2.89. The van der Waals surface area contributed by atoms with Crippen molar-refractivity contribution < 1.29 is 4.79 Å². The minimum atomic E-state index is 0.153. The quantitative estimate of drug-likeness (QED) is 0.644. The average molecular weight is 425 g/mol. The Labute approximate surface area is 190 Å².